The van der Waals surface area contributed by atoms with Crippen LogP contribution >= 0.6 is 38.9 Å². The molecule has 7 N–H and O–H groups in total. The van der Waals surface area contributed by atoms with E-state index in [1.165, 1.54) is 10.9 Å². The molecule has 0 radical (unpaired) electrons. The van der Waals surface area contributed by atoms with Crippen LogP contribution in [0.1, 0.15) is 12.5 Å². The van der Waals surface area contributed by atoms with Crippen LogP contribution in [0.15, 0.2) is 23.8 Å². The van der Waals surface area contributed by atoms with Crippen LogP contribution in [0.3, 0.4) is 0 Å². The van der Waals surface area contributed by atoms with Gasteiger partial charge in [-0.15, -0.1) is 4.52 Å². The van der Waals surface area contributed by atoms with Gasteiger partial charge in [-0.1, -0.05) is 0 Å². The normalized spacial score (nSPS) is 30.3. The number of hydrogen-bond donors (Lipinski definition) is 7. The standard InChI is InChI=1S/C20H22F2N10O9P2S2/c21-8-6(1-33)38-19(32-5-28-11-16(32)29-20(24)30-17(11)34)13(8)41-43(36,45)37-2-7-12(40-42(35)44)9(22)18(39-7)31-4-27-10-14(23)25-3-26-15(10)31/h3-9,12-13,18-19,33,36,45H,1-2H2,(H4-2,23,24,25,26,29,30,34,35,44)/p+2/t6-,7-,8?,9+,12?,13?,18-,19-,43?/m1/s1. The number of fused-ring (bicyclic) bond motifs is 2. The minimum atomic E-state index is -4.30. The molecule has 0 bridgehead atoms. The van der Waals surface area contributed by atoms with Gasteiger partial charge in [0.05, 0.1) is 31.5 Å². The summed E-state index contributed by atoms with van der Waals surface area (Å²) in [5.41, 5.74) is 10.9. The third-order valence-corrected chi connectivity index (χ3v) is 9.31. The van der Waals surface area contributed by atoms with Crippen molar-refractivity contribution in [2.24, 2.45) is 0 Å². The number of aliphatic hydroxyl groups is 1. The van der Waals surface area contributed by atoms with Crippen molar-refractivity contribution in [3.8, 4) is 0 Å². The van der Waals surface area contributed by atoms with E-state index in [4.69, 9.17) is 34.5 Å². The molecule has 0 aliphatic carbocycles. The number of H-pyrrole nitrogens is 1. The fourth-order valence-corrected chi connectivity index (χ4v) is 7.26. The van der Waals surface area contributed by atoms with Crippen LogP contribution in [0.5, 0.6) is 0 Å². The fraction of sp³-hybridized carbons (Fsp3) is 0.500. The number of nitrogens with two attached hydrogens (primary N) is 2. The third-order valence-electron chi connectivity index (χ3n) is 6.98. The number of ether oxygens (including phenoxy) is 2. The van der Waals surface area contributed by atoms with Crippen molar-refractivity contribution in [1.29, 1.82) is 0 Å². The van der Waals surface area contributed by atoms with Crippen molar-refractivity contribution in [2.45, 2.75) is 49.2 Å². The Morgan fingerprint density at radius 2 is 1.73 bits per heavy atom. The van der Waals surface area contributed by atoms with E-state index in [1.807, 2.05) is 0 Å². The van der Waals surface area contributed by atoms with Gasteiger partial charge in [0, 0.05) is 0 Å². The maximum absolute atomic E-state index is 15.7. The van der Waals surface area contributed by atoms with Gasteiger partial charge >= 0.3 is 14.4 Å². The first-order valence-electron chi connectivity index (χ1n) is 12.7. The smallest absolute Gasteiger partial charge is 0.394 e. The summed E-state index contributed by atoms with van der Waals surface area (Å²) in [7, 11) is -6.94. The van der Waals surface area contributed by atoms with E-state index in [2.05, 4.69) is 54.4 Å². The number of halogens is 2. The third kappa shape index (κ3) is 6.10. The second-order valence-corrected chi connectivity index (χ2v) is 14.4. The van der Waals surface area contributed by atoms with Crippen LogP contribution in [0.4, 0.5) is 20.5 Å². The topological polar surface area (TPSA) is 263 Å². The molecule has 5 unspecified atom stereocenters. The lowest BCUT2D eigenvalue weighted by molar-refractivity contribution is -0.0543. The average Bonchev–Trinajstić information content (AvgIpc) is 3.73. The zero-order chi connectivity index (χ0) is 32.2. The molecular weight excluding hydrogens is 688 g/mol. The van der Waals surface area contributed by atoms with Gasteiger partial charge < -0.3 is 26.0 Å². The highest BCUT2D eigenvalue weighted by atomic mass is 32.7. The number of nitrogens with one attached hydrogen (secondary N) is 1. The van der Waals surface area contributed by atoms with Crippen molar-refractivity contribution in [3.05, 3.63) is 29.3 Å². The summed E-state index contributed by atoms with van der Waals surface area (Å²) in [6, 6.07) is 0. The molecule has 0 amide bonds. The summed E-state index contributed by atoms with van der Waals surface area (Å²) in [6.45, 7) is -1.43. The maximum atomic E-state index is 15.7. The number of nitrogen functional groups attached to an aromatic ring is 2. The van der Waals surface area contributed by atoms with E-state index in [0.717, 1.165) is 17.2 Å². The van der Waals surface area contributed by atoms with Crippen LogP contribution in [0.25, 0.3) is 22.3 Å². The predicted molar refractivity (Wildman–Crippen MR) is 157 cm³/mol. The predicted octanol–water partition coefficient (Wildman–Crippen LogP) is 0.561. The monoisotopic (exact) mass is 712 g/mol. The molecule has 10 atom stereocenters. The number of alkyl halides is 2. The minimum absolute atomic E-state index is 0.0407. The van der Waals surface area contributed by atoms with Gasteiger partial charge in [-0.25, -0.2) is 28.7 Å². The molecule has 0 aromatic carbocycles. The van der Waals surface area contributed by atoms with Crippen molar-refractivity contribution < 1.29 is 46.4 Å². The molecule has 2 fully saturated rings. The molecule has 19 nitrogen and oxygen atoms in total. The zero-order valence-corrected chi connectivity index (χ0v) is 25.9. The maximum Gasteiger partial charge on any atom is 0.582 e. The lowest BCUT2D eigenvalue weighted by Gasteiger charge is -2.22. The molecule has 242 valence electrons. The quantitative estimate of drug-likeness (QED) is 0.0875. The number of nitrogens with zero attached hydrogens (tertiary/aromatic N) is 7. The van der Waals surface area contributed by atoms with E-state index in [0.29, 0.717) is 0 Å². The Kier molecular flexibility index (Phi) is 8.95. The Morgan fingerprint density at radius 3 is 2.44 bits per heavy atom. The zero-order valence-electron chi connectivity index (χ0n) is 22.3. The number of thiol groups is 2. The first-order chi connectivity index (χ1) is 21.4. The van der Waals surface area contributed by atoms with Crippen molar-refractivity contribution in [1.82, 2.24) is 39.0 Å². The first kappa shape index (κ1) is 32.3. The Hall–Kier alpha value is -2.69. The first-order valence-corrected chi connectivity index (χ1v) is 17.8. The second-order valence-electron chi connectivity index (χ2n) is 9.72. The van der Waals surface area contributed by atoms with Crippen LogP contribution in [-0.2, 0) is 27.6 Å². The van der Waals surface area contributed by atoms with Gasteiger partial charge in [0.15, 0.2) is 59.6 Å². The van der Waals surface area contributed by atoms with Gasteiger partial charge in [0.1, 0.15) is 42.9 Å². The molecule has 6 rings (SSSR count). The summed E-state index contributed by atoms with van der Waals surface area (Å²) >= 11 is 7.76. The van der Waals surface area contributed by atoms with Crippen LogP contribution in [0.2, 0.25) is 0 Å². The number of imidazole rings is 2. The molecule has 45 heavy (non-hydrogen) atoms. The molecule has 0 saturated carbocycles. The van der Waals surface area contributed by atoms with E-state index in [-0.39, 0.29) is 34.1 Å². The molecule has 2 saturated heterocycles. The van der Waals surface area contributed by atoms with E-state index in [1.54, 1.807) is 0 Å². The van der Waals surface area contributed by atoms with E-state index < -0.39 is 82.4 Å². The summed E-state index contributed by atoms with van der Waals surface area (Å²) in [5.74, 6) is -0.221. The lowest BCUT2D eigenvalue weighted by Crippen LogP contribution is -2.34. The van der Waals surface area contributed by atoms with Gasteiger partial charge in [-0.05, 0) is 4.57 Å². The van der Waals surface area contributed by atoms with Gasteiger partial charge in [0.2, 0.25) is 5.95 Å². The Balaban J connectivity index is 1.22. The van der Waals surface area contributed by atoms with E-state index in [9.17, 15) is 19.4 Å². The highest BCUT2D eigenvalue weighted by Crippen LogP contribution is 2.64. The molecule has 25 heteroatoms. The summed E-state index contributed by atoms with van der Waals surface area (Å²) < 4.78 is 72.9. The van der Waals surface area contributed by atoms with Crippen LogP contribution in [0, 0.1) is 0 Å². The van der Waals surface area contributed by atoms with Crippen LogP contribution in [-0.4, -0.2) is 99.0 Å². The van der Waals surface area contributed by atoms with Gasteiger partial charge in [-0.2, -0.15) is 18.9 Å². The molecular formula is C20H24F2N10O9P2S2+2. The molecule has 4 aromatic rings. The number of hydrogen-bond acceptors (Lipinski definition) is 17. The highest BCUT2D eigenvalue weighted by molar-refractivity contribution is 8.47. The summed E-state index contributed by atoms with van der Waals surface area (Å²) in [4.78, 5) is 45.4. The Bertz CT molecular complexity index is 1800. The summed E-state index contributed by atoms with van der Waals surface area (Å²) in [5, 5.41) is 9.67. The average molecular weight is 713 g/mol. The fourth-order valence-electron chi connectivity index (χ4n) is 5.01. The van der Waals surface area contributed by atoms with Crippen molar-refractivity contribution in [2.75, 3.05) is 24.7 Å². The molecule has 6 heterocycles. The summed E-state index contributed by atoms with van der Waals surface area (Å²) in [6.07, 6.45) is -9.40. The molecule has 0 spiro atoms. The number of aromatic amines is 1. The largest absolute Gasteiger partial charge is 0.582 e. The SMILES string of the molecule is Nc1nc2c(ncn2[C@@H]2O[C@H](CO)C(F)C2O[P+](O)(S)OC[C@H]2O[C@@H](n3cnc4c(N)ncnc43)[C@@H](F)C2O[P+](=O)S)c(=O)[nH]1. The van der Waals surface area contributed by atoms with Crippen molar-refractivity contribution >= 4 is 73.0 Å². The van der Waals surface area contributed by atoms with Gasteiger partial charge in [0.25, 0.3) is 5.56 Å². The van der Waals surface area contributed by atoms with Gasteiger partial charge in [-0.3, -0.25) is 18.9 Å². The Labute approximate surface area is 261 Å². The molecule has 2 aliphatic heterocycles. The number of aromatic nitrogens is 8. The highest BCUT2D eigenvalue weighted by Gasteiger charge is 2.57. The lowest BCUT2D eigenvalue weighted by atomic mass is 10.1. The number of anilines is 2. The van der Waals surface area contributed by atoms with E-state index >= 15 is 8.78 Å². The van der Waals surface area contributed by atoms with Crippen molar-refractivity contribution in [3.63, 3.8) is 0 Å². The minimum Gasteiger partial charge on any atom is -0.394 e. The van der Waals surface area contributed by atoms with Crippen LogP contribution < -0.4 is 17.0 Å². The molecule has 4 aromatic heterocycles. The Morgan fingerprint density at radius 1 is 1.04 bits per heavy atom. The number of aliphatic hydroxyl groups excluding tert-OH is 1. The second kappa shape index (κ2) is 12.5. The molecule has 2 aliphatic rings. The number of rotatable bonds is 10.